The Balaban J connectivity index is 0.00000182. The van der Waals surface area contributed by atoms with Crippen LogP contribution >= 0.6 is 12.4 Å². The second-order valence-corrected chi connectivity index (χ2v) is 7.77. The minimum atomic E-state index is 0. The summed E-state index contributed by atoms with van der Waals surface area (Å²) in [6.45, 7) is 8.11. The molecule has 2 fully saturated rings. The van der Waals surface area contributed by atoms with Crippen LogP contribution in [0.4, 0.5) is 0 Å². The van der Waals surface area contributed by atoms with E-state index in [1.165, 1.54) is 67.7 Å². The molecule has 2 aromatic rings. The highest BCUT2D eigenvalue weighted by atomic mass is 35.5. The van der Waals surface area contributed by atoms with Crippen LogP contribution in [-0.2, 0) is 13.6 Å². The molecule has 1 N–H and O–H groups in total. The van der Waals surface area contributed by atoms with Crippen LogP contribution in [0.25, 0.3) is 11.1 Å². The highest BCUT2D eigenvalue weighted by Crippen LogP contribution is 2.39. The van der Waals surface area contributed by atoms with Crippen molar-refractivity contribution < 1.29 is 0 Å². The fourth-order valence-corrected chi connectivity index (χ4v) is 4.43. The van der Waals surface area contributed by atoms with Gasteiger partial charge in [-0.25, -0.2) is 0 Å². The molecule has 0 amide bonds. The fourth-order valence-electron chi connectivity index (χ4n) is 4.43. The van der Waals surface area contributed by atoms with Crippen molar-refractivity contribution >= 4 is 12.4 Å². The number of aryl methyl sites for hydroxylation is 2. The Morgan fingerprint density at radius 3 is 2.72 bits per heavy atom. The monoisotopic (exact) mass is 360 g/mol. The molecule has 0 atom stereocenters. The number of likely N-dealkylation sites (tertiary alicyclic amines) is 1. The van der Waals surface area contributed by atoms with Crippen molar-refractivity contribution in [2.45, 2.75) is 32.7 Å². The van der Waals surface area contributed by atoms with E-state index in [2.05, 4.69) is 46.6 Å². The Hall–Kier alpha value is -1.36. The smallest absolute Gasteiger partial charge is 0.0568 e. The molecule has 3 heterocycles. The van der Waals surface area contributed by atoms with Crippen LogP contribution in [0, 0.1) is 12.3 Å². The van der Waals surface area contributed by atoms with Crippen LogP contribution in [0.5, 0.6) is 0 Å². The topological polar surface area (TPSA) is 33.1 Å². The summed E-state index contributed by atoms with van der Waals surface area (Å²) in [6.07, 6.45) is 8.15. The molecule has 1 spiro atoms. The number of nitrogens with zero attached hydrogens (tertiary/aromatic N) is 3. The molecule has 0 saturated carbocycles. The van der Waals surface area contributed by atoms with Crippen molar-refractivity contribution in [2.24, 2.45) is 12.5 Å². The van der Waals surface area contributed by atoms with Gasteiger partial charge < -0.3 is 5.32 Å². The van der Waals surface area contributed by atoms with Crippen LogP contribution in [0.15, 0.2) is 30.6 Å². The van der Waals surface area contributed by atoms with E-state index in [0.29, 0.717) is 5.41 Å². The molecule has 136 valence electrons. The number of hydrogen-bond donors (Lipinski definition) is 1. The van der Waals surface area contributed by atoms with E-state index in [4.69, 9.17) is 0 Å². The molecule has 2 aliphatic rings. The Labute approximate surface area is 157 Å². The van der Waals surface area contributed by atoms with E-state index in [-0.39, 0.29) is 12.4 Å². The van der Waals surface area contributed by atoms with Crippen LogP contribution in [-0.4, -0.2) is 40.9 Å². The number of hydrogen-bond acceptors (Lipinski definition) is 3. The zero-order valence-electron chi connectivity index (χ0n) is 15.3. The quantitative estimate of drug-likeness (QED) is 0.910. The van der Waals surface area contributed by atoms with Crippen molar-refractivity contribution in [3.05, 3.63) is 41.7 Å². The van der Waals surface area contributed by atoms with E-state index < -0.39 is 0 Å². The van der Waals surface area contributed by atoms with Crippen LogP contribution in [0.1, 0.15) is 30.4 Å². The van der Waals surface area contributed by atoms with Crippen molar-refractivity contribution in [3.63, 3.8) is 0 Å². The molecule has 1 aromatic carbocycles. The van der Waals surface area contributed by atoms with Crippen LogP contribution in [0.3, 0.4) is 0 Å². The van der Waals surface area contributed by atoms with E-state index in [1.54, 1.807) is 0 Å². The minimum Gasteiger partial charge on any atom is -0.317 e. The molecule has 0 unspecified atom stereocenters. The average Bonchev–Trinajstić information content (AvgIpc) is 3.17. The summed E-state index contributed by atoms with van der Waals surface area (Å²) in [5, 5.41) is 7.87. The number of benzene rings is 1. The maximum atomic E-state index is 4.36. The minimum absolute atomic E-state index is 0. The third kappa shape index (κ3) is 3.91. The Kier molecular flexibility index (Phi) is 5.52. The molecule has 0 aliphatic carbocycles. The standard InChI is InChI=1S/C20H28N4.ClH/c1-16-3-4-17(19(11-16)18-12-22-23(2)13-18)14-24-10-7-20(15-24)5-8-21-9-6-20;/h3-4,11-13,21H,5-10,14-15H2,1-2H3;1H. The Morgan fingerprint density at radius 1 is 1.20 bits per heavy atom. The average molecular weight is 361 g/mol. The van der Waals surface area contributed by atoms with Crippen molar-refractivity contribution in [1.82, 2.24) is 20.0 Å². The summed E-state index contributed by atoms with van der Waals surface area (Å²) >= 11 is 0. The lowest BCUT2D eigenvalue weighted by atomic mass is 9.78. The highest BCUT2D eigenvalue weighted by molar-refractivity contribution is 5.85. The summed E-state index contributed by atoms with van der Waals surface area (Å²) in [6, 6.07) is 6.86. The Bertz CT molecular complexity index is 718. The van der Waals surface area contributed by atoms with Gasteiger partial charge in [-0.05, 0) is 62.4 Å². The van der Waals surface area contributed by atoms with Gasteiger partial charge in [0.2, 0.25) is 0 Å². The first-order valence-corrected chi connectivity index (χ1v) is 9.15. The number of aromatic nitrogens is 2. The molecule has 25 heavy (non-hydrogen) atoms. The number of rotatable bonds is 3. The lowest BCUT2D eigenvalue weighted by molar-refractivity contribution is 0.194. The first-order valence-electron chi connectivity index (χ1n) is 9.15. The zero-order valence-corrected chi connectivity index (χ0v) is 16.1. The lowest BCUT2D eigenvalue weighted by Gasteiger charge is -2.34. The van der Waals surface area contributed by atoms with Gasteiger partial charge in [0.25, 0.3) is 0 Å². The molecule has 0 radical (unpaired) electrons. The van der Waals surface area contributed by atoms with E-state index in [1.807, 2.05) is 17.9 Å². The van der Waals surface area contributed by atoms with Gasteiger partial charge in [-0.1, -0.05) is 23.8 Å². The Morgan fingerprint density at radius 2 is 2.00 bits per heavy atom. The molecule has 2 saturated heterocycles. The van der Waals surface area contributed by atoms with Gasteiger partial charge in [-0.15, -0.1) is 12.4 Å². The van der Waals surface area contributed by atoms with E-state index in [0.717, 1.165) is 6.54 Å². The number of piperidine rings is 1. The molecule has 0 bridgehead atoms. The first-order chi connectivity index (χ1) is 11.6. The maximum Gasteiger partial charge on any atom is 0.0568 e. The molecule has 4 rings (SSSR count). The van der Waals surface area contributed by atoms with E-state index >= 15 is 0 Å². The number of nitrogens with one attached hydrogen (secondary N) is 1. The van der Waals surface area contributed by atoms with Gasteiger partial charge in [0.15, 0.2) is 0 Å². The summed E-state index contributed by atoms with van der Waals surface area (Å²) in [5.74, 6) is 0. The molecular weight excluding hydrogens is 332 g/mol. The van der Waals surface area contributed by atoms with Crippen LogP contribution in [0.2, 0.25) is 0 Å². The third-order valence-corrected chi connectivity index (χ3v) is 5.86. The van der Waals surface area contributed by atoms with Crippen molar-refractivity contribution in [2.75, 3.05) is 26.2 Å². The number of halogens is 1. The normalized spacial score (nSPS) is 19.9. The first kappa shape index (κ1) is 18.4. The molecule has 4 nitrogen and oxygen atoms in total. The summed E-state index contributed by atoms with van der Waals surface area (Å²) in [7, 11) is 1.99. The highest BCUT2D eigenvalue weighted by Gasteiger charge is 2.38. The fraction of sp³-hybridized carbons (Fsp3) is 0.550. The summed E-state index contributed by atoms with van der Waals surface area (Å²) < 4.78 is 1.89. The van der Waals surface area contributed by atoms with E-state index in [9.17, 15) is 0 Å². The largest absolute Gasteiger partial charge is 0.317 e. The molecule has 2 aliphatic heterocycles. The molecular formula is C20H29ClN4. The molecule has 1 aromatic heterocycles. The second-order valence-electron chi connectivity index (χ2n) is 7.77. The molecule has 5 heteroatoms. The van der Waals surface area contributed by atoms with Crippen molar-refractivity contribution in [3.8, 4) is 11.1 Å². The van der Waals surface area contributed by atoms with Gasteiger partial charge in [-0.2, -0.15) is 5.10 Å². The SMILES string of the molecule is Cc1ccc(CN2CCC3(CCNCC3)C2)c(-c2cnn(C)c2)c1.Cl. The predicted molar refractivity (Wildman–Crippen MR) is 105 cm³/mol. The summed E-state index contributed by atoms with van der Waals surface area (Å²) in [5.41, 5.74) is 5.89. The lowest BCUT2D eigenvalue weighted by Crippen LogP contribution is -2.38. The third-order valence-electron chi connectivity index (χ3n) is 5.86. The zero-order chi connectivity index (χ0) is 16.6. The van der Waals surface area contributed by atoms with Crippen molar-refractivity contribution in [1.29, 1.82) is 0 Å². The second kappa shape index (κ2) is 7.48. The van der Waals surface area contributed by atoms with Crippen LogP contribution < -0.4 is 5.32 Å². The van der Waals surface area contributed by atoms with Gasteiger partial charge >= 0.3 is 0 Å². The predicted octanol–water partition coefficient (Wildman–Crippen LogP) is 3.39. The maximum absolute atomic E-state index is 4.36. The van der Waals surface area contributed by atoms with Gasteiger partial charge in [0.1, 0.15) is 0 Å². The van der Waals surface area contributed by atoms with Gasteiger partial charge in [0, 0.05) is 31.9 Å². The van der Waals surface area contributed by atoms with Gasteiger partial charge in [0.05, 0.1) is 6.20 Å². The van der Waals surface area contributed by atoms with Gasteiger partial charge in [-0.3, -0.25) is 9.58 Å². The summed E-state index contributed by atoms with van der Waals surface area (Å²) in [4.78, 5) is 2.66.